The van der Waals surface area contributed by atoms with Crippen LogP contribution < -0.4 is 20.3 Å². The molecule has 1 aliphatic heterocycles. The predicted octanol–water partition coefficient (Wildman–Crippen LogP) is 2.72. The highest BCUT2D eigenvalue weighted by molar-refractivity contribution is 5.97. The maximum Gasteiger partial charge on any atom is 0.320 e. The first-order valence-electron chi connectivity index (χ1n) is 8.59. The number of anilines is 2. The first-order chi connectivity index (χ1) is 12.6. The van der Waals surface area contributed by atoms with Gasteiger partial charge in [0, 0.05) is 24.8 Å². The number of urea groups is 1. The van der Waals surface area contributed by atoms with Crippen LogP contribution in [0.1, 0.15) is 18.9 Å². The van der Waals surface area contributed by atoms with E-state index in [-0.39, 0.29) is 24.4 Å². The Morgan fingerprint density at radius 3 is 2.77 bits per heavy atom. The Kier molecular flexibility index (Phi) is 5.36. The fourth-order valence-electron chi connectivity index (χ4n) is 2.89. The van der Waals surface area contributed by atoms with E-state index in [4.69, 9.17) is 4.74 Å². The molecule has 7 nitrogen and oxygen atoms in total. The summed E-state index contributed by atoms with van der Waals surface area (Å²) in [5, 5.41) is 5.56. The molecule has 136 valence electrons. The van der Waals surface area contributed by atoms with Gasteiger partial charge in [0.25, 0.3) is 0 Å². The van der Waals surface area contributed by atoms with E-state index in [1.54, 1.807) is 11.1 Å². The Labute approximate surface area is 152 Å². The summed E-state index contributed by atoms with van der Waals surface area (Å²) in [4.78, 5) is 30.3. The number of nitrogens with zero attached hydrogens (tertiary/aromatic N) is 2. The number of pyridine rings is 1. The number of rotatable bonds is 5. The molecule has 2 aromatic rings. The SMILES string of the molecule is CCOc1ccc(N2C[C@H](NC(=O)Nc3ncccc3C)CC2=O)cc1. The van der Waals surface area contributed by atoms with Gasteiger partial charge in [-0.05, 0) is 49.7 Å². The molecule has 7 heteroatoms. The molecule has 0 radical (unpaired) electrons. The first-order valence-corrected chi connectivity index (χ1v) is 8.59. The van der Waals surface area contributed by atoms with E-state index in [9.17, 15) is 9.59 Å². The summed E-state index contributed by atoms with van der Waals surface area (Å²) in [6.07, 6.45) is 1.89. The highest BCUT2D eigenvalue weighted by atomic mass is 16.5. The molecular formula is C19H22N4O3. The Bertz CT molecular complexity index is 792. The van der Waals surface area contributed by atoms with Crippen molar-refractivity contribution in [1.82, 2.24) is 10.3 Å². The summed E-state index contributed by atoms with van der Waals surface area (Å²) in [5.41, 5.74) is 1.67. The molecule has 0 aliphatic carbocycles. The van der Waals surface area contributed by atoms with Gasteiger partial charge in [-0.3, -0.25) is 10.1 Å². The van der Waals surface area contributed by atoms with Crippen molar-refractivity contribution < 1.29 is 14.3 Å². The first kappa shape index (κ1) is 17.7. The molecule has 2 N–H and O–H groups in total. The molecule has 1 fully saturated rings. The van der Waals surface area contributed by atoms with Crippen LogP contribution in [0.4, 0.5) is 16.3 Å². The fourth-order valence-corrected chi connectivity index (χ4v) is 2.89. The van der Waals surface area contributed by atoms with Crippen molar-refractivity contribution >= 4 is 23.4 Å². The number of carbonyl (C=O) groups is 2. The smallest absolute Gasteiger partial charge is 0.320 e. The molecule has 0 unspecified atom stereocenters. The van der Waals surface area contributed by atoms with Gasteiger partial charge in [0.15, 0.2) is 0 Å². The largest absolute Gasteiger partial charge is 0.494 e. The van der Waals surface area contributed by atoms with Gasteiger partial charge >= 0.3 is 6.03 Å². The van der Waals surface area contributed by atoms with Crippen LogP contribution in [-0.2, 0) is 4.79 Å². The highest BCUT2D eigenvalue weighted by Crippen LogP contribution is 2.24. The monoisotopic (exact) mass is 354 g/mol. The Morgan fingerprint density at radius 2 is 2.08 bits per heavy atom. The zero-order valence-corrected chi connectivity index (χ0v) is 14.9. The van der Waals surface area contributed by atoms with Crippen LogP contribution in [0.5, 0.6) is 5.75 Å². The maximum atomic E-state index is 12.3. The lowest BCUT2D eigenvalue weighted by molar-refractivity contribution is -0.117. The van der Waals surface area contributed by atoms with E-state index in [1.807, 2.05) is 50.2 Å². The van der Waals surface area contributed by atoms with E-state index in [1.165, 1.54) is 0 Å². The molecule has 0 saturated carbocycles. The van der Waals surface area contributed by atoms with Gasteiger partial charge in [0.2, 0.25) is 5.91 Å². The molecule has 1 aromatic heterocycles. The summed E-state index contributed by atoms with van der Waals surface area (Å²) in [6, 6.07) is 10.4. The molecule has 0 bridgehead atoms. The van der Waals surface area contributed by atoms with Gasteiger partial charge in [-0.25, -0.2) is 9.78 Å². The fraction of sp³-hybridized carbons (Fsp3) is 0.316. The molecule has 3 rings (SSSR count). The number of carbonyl (C=O) groups excluding carboxylic acids is 2. The van der Waals surface area contributed by atoms with Crippen LogP contribution in [0.15, 0.2) is 42.6 Å². The number of hydrogen-bond acceptors (Lipinski definition) is 4. The van der Waals surface area contributed by atoms with Crippen LogP contribution in [-0.4, -0.2) is 36.1 Å². The molecule has 1 atom stereocenters. The van der Waals surface area contributed by atoms with Crippen LogP contribution in [0, 0.1) is 6.92 Å². The van der Waals surface area contributed by atoms with Crippen molar-refractivity contribution in [1.29, 1.82) is 0 Å². The number of aromatic nitrogens is 1. The standard InChI is InChI=1S/C19H22N4O3/c1-3-26-16-8-6-15(7-9-16)23-12-14(11-17(23)24)21-19(25)22-18-13(2)5-4-10-20-18/h4-10,14H,3,11-12H2,1-2H3,(H2,20,21,22,25)/t14-/m1/s1. The molecule has 2 heterocycles. The molecule has 1 aromatic carbocycles. The third-order valence-corrected chi connectivity index (χ3v) is 4.16. The minimum absolute atomic E-state index is 0.0199. The predicted molar refractivity (Wildman–Crippen MR) is 99.5 cm³/mol. The van der Waals surface area contributed by atoms with Crippen LogP contribution in [0.2, 0.25) is 0 Å². The van der Waals surface area contributed by atoms with Gasteiger partial charge in [-0.2, -0.15) is 0 Å². The van der Waals surface area contributed by atoms with E-state index < -0.39 is 0 Å². The summed E-state index contributed by atoms with van der Waals surface area (Å²) in [6.45, 7) is 4.82. The van der Waals surface area contributed by atoms with Crippen molar-refractivity contribution in [2.24, 2.45) is 0 Å². The summed E-state index contributed by atoms with van der Waals surface area (Å²) < 4.78 is 5.42. The summed E-state index contributed by atoms with van der Waals surface area (Å²) in [7, 11) is 0. The lowest BCUT2D eigenvalue weighted by atomic mass is 10.2. The van der Waals surface area contributed by atoms with Crippen molar-refractivity contribution in [3.05, 3.63) is 48.2 Å². The quantitative estimate of drug-likeness (QED) is 0.865. The highest BCUT2D eigenvalue weighted by Gasteiger charge is 2.31. The van der Waals surface area contributed by atoms with Gasteiger partial charge < -0.3 is 15.0 Å². The second-order valence-corrected chi connectivity index (χ2v) is 6.10. The lowest BCUT2D eigenvalue weighted by Crippen LogP contribution is -2.40. The number of ether oxygens (including phenoxy) is 1. The minimum Gasteiger partial charge on any atom is -0.494 e. The number of benzene rings is 1. The molecule has 3 amide bonds. The number of hydrogen-bond donors (Lipinski definition) is 2. The average molecular weight is 354 g/mol. The van der Waals surface area contributed by atoms with Crippen molar-refractivity contribution in [2.45, 2.75) is 26.3 Å². The lowest BCUT2D eigenvalue weighted by Gasteiger charge is -2.18. The molecule has 26 heavy (non-hydrogen) atoms. The number of aryl methyl sites for hydroxylation is 1. The average Bonchev–Trinajstić information content (AvgIpc) is 2.98. The maximum absolute atomic E-state index is 12.3. The third kappa shape index (κ3) is 4.11. The molecule has 1 aliphatic rings. The van der Waals surface area contributed by atoms with Crippen molar-refractivity contribution in [2.75, 3.05) is 23.4 Å². The summed E-state index contributed by atoms with van der Waals surface area (Å²) in [5.74, 6) is 1.26. The Morgan fingerprint density at radius 1 is 1.31 bits per heavy atom. The topological polar surface area (TPSA) is 83.6 Å². The van der Waals surface area contributed by atoms with E-state index in [2.05, 4.69) is 15.6 Å². The van der Waals surface area contributed by atoms with Crippen LogP contribution >= 0.6 is 0 Å². The van der Waals surface area contributed by atoms with Gasteiger partial charge in [-0.1, -0.05) is 6.07 Å². The van der Waals surface area contributed by atoms with E-state index in [0.717, 1.165) is 17.0 Å². The normalized spacial score (nSPS) is 16.5. The summed E-state index contributed by atoms with van der Waals surface area (Å²) >= 11 is 0. The molecule has 0 spiro atoms. The minimum atomic E-state index is -0.363. The van der Waals surface area contributed by atoms with Gasteiger partial charge in [-0.15, -0.1) is 0 Å². The Hall–Kier alpha value is -3.09. The van der Waals surface area contributed by atoms with Crippen LogP contribution in [0.25, 0.3) is 0 Å². The molecule has 1 saturated heterocycles. The van der Waals surface area contributed by atoms with Crippen molar-refractivity contribution in [3.63, 3.8) is 0 Å². The zero-order valence-electron chi connectivity index (χ0n) is 14.9. The van der Waals surface area contributed by atoms with Gasteiger partial charge in [0.05, 0.1) is 12.6 Å². The number of nitrogens with one attached hydrogen (secondary N) is 2. The Balaban J connectivity index is 1.59. The van der Waals surface area contributed by atoms with E-state index >= 15 is 0 Å². The zero-order chi connectivity index (χ0) is 18.5. The number of amides is 3. The van der Waals surface area contributed by atoms with E-state index in [0.29, 0.717) is 19.0 Å². The second kappa shape index (κ2) is 7.86. The third-order valence-electron chi connectivity index (χ3n) is 4.16. The van der Waals surface area contributed by atoms with Crippen molar-refractivity contribution in [3.8, 4) is 5.75 Å². The molecular weight excluding hydrogens is 332 g/mol. The second-order valence-electron chi connectivity index (χ2n) is 6.10. The van der Waals surface area contributed by atoms with Crippen LogP contribution in [0.3, 0.4) is 0 Å². The van der Waals surface area contributed by atoms with Gasteiger partial charge in [0.1, 0.15) is 11.6 Å².